The number of furan rings is 1. The predicted octanol–water partition coefficient (Wildman–Crippen LogP) is 5.73. The third-order valence-corrected chi connectivity index (χ3v) is 5.33. The average Bonchev–Trinajstić information content (AvgIpc) is 3.33. The van der Waals surface area contributed by atoms with E-state index in [4.69, 9.17) is 4.42 Å². The molecule has 1 amide bonds. The SMILES string of the molecule is C=CCN(Cc1ccc(C)cc1)C(=O)c1cc2occc2n1Cc1ccc(C)cc1. The molecule has 4 heteroatoms. The van der Waals surface area contributed by atoms with Gasteiger partial charge in [-0.05, 0) is 25.0 Å². The number of nitrogens with zero attached hydrogens (tertiary/aromatic N) is 2. The van der Waals surface area contributed by atoms with E-state index < -0.39 is 0 Å². The fourth-order valence-corrected chi connectivity index (χ4v) is 3.65. The van der Waals surface area contributed by atoms with E-state index >= 15 is 0 Å². The zero-order chi connectivity index (χ0) is 21.1. The van der Waals surface area contributed by atoms with Gasteiger partial charge in [0.05, 0.1) is 11.8 Å². The number of rotatable bonds is 7. The second-order valence-electron chi connectivity index (χ2n) is 7.73. The van der Waals surface area contributed by atoms with Crippen LogP contribution in [-0.2, 0) is 13.1 Å². The first-order chi connectivity index (χ1) is 14.5. The molecule has 0 fully saturated rings. The van der Waals surface area contributed by atoms with E-state index in [-0.39, 0.29) is 5.91 Å². The van der Waals surface area contributed by atoms with E-state index in [1.807, 2.05) is 21.6 Å². The number of amides is 1. The number of hydrogen-bond donors (Lipinski definition) is 0. The van der Waals surface area contributed by atoms with Gasteiger partial charge in [-0.1, -0.05) is 65.7 Å². The summed E-state index contributed by atoms with van der Waals surface area (Å²) in [4.78, 5) is 15.4. The molecule has 0 bridgehead atoms. The van der Waals surface area contributed by atoms with Gasteiger partial charge in [0, 0.05) is 31.8 Å². The Labute approximate surface area is 177 Å². The highest BCUT2D eigenvalue weighted by atomic mass is 16.3. The Balaban J connectivity index is 1.68. The van der Waals surface area contributed by atoms with E-state index in [2.05, 4.69) is 69.0 Å². The smallest absolute Gasteiger partial charge is 0.271 e. The molecule has 0 saturated heterocycles. The summed E-state index contributed by atoms with van der Waals surface area (Å²) in [7, 11) is 0. The van der Waals surface area contributed by atoms with Crippen molar-refractivity contribution in [3.05, 3.63) is 108 Å². The molecule has 0 N–H and O–H groups in total. The van der Waals surface area contributed by atoms with Crippen molar-refractivity contribution >= 4 is 17.0 Å². The molecule has 2 aromatic heterocycles. The van der Waals surface area contributed by atoms with E-state index in [9.17, 15) is 4.79 Å². The molecule has 4 aromatic rings. The third-order valence-electron chi connectivity index (χ3n) is 5.33. The van der Waals surface area contributed by atoms with Crippen molar-refractivity contribution in [3.63, 3.8) is 0 Å². The predicted molar refractivity (Wildman–Crippen MR) is 121 cm³/mol. The molecular weight excluding hydrogens is 372 g/mol. The summed E-state index contributed by atoms with van der Waals surface area (Å²) >= 11 is 0. The topological polar surface area (TPSA) is 38.4 Å². The Morgan fingerprint density at radius 2 is 1.63 bits per heavy atom. The van der Waals surface area contributed by atoms with Crippen LogP contribution < -0.4 is 0 Å². The van der Waals surface area contributed by atoms with Crippen molar-refractivity contribution in [3.8, 4) is 0 Å². The van der Waals surface area contributed by atoms with Crippen LogP contribution in [0, 0.1) is 13.8 Å². The first kappa shape index (κ1) is 19.8. The van der Waals surface area contributed by atoms with Crippen molar-refractivity contribution in [1.82, 2.24) is 9.47 Å². The summed E-state index contributed by atoms with van der Waals surface area (Å²) in [6.45, 7) is 9.59. The number of hydrogen-bond acceptors (Lipinski definition) is 2. The summed E-state index contributed by atoms with van der Waals surface area (Å²) in [5, 5.41) is 0. The van der Waals surface area contributed by atoms with Crippen LogP contribution in [0.25, 0.3) is 11.1 Å². The molecule has 0 saturated carbocycles. The largest absolute Gasteiger partial charge is 0.463 e. The highest BCUT2D eigenvalue weighted by Gasteiger charge is 2.22. The summed E-state index contributed by atoms with van der Waals surface area (Å²) in [5.74, 6) is -0.0333. The molecule has 2 aromatic carbocycles. The van der Waals surface area contributed by atoms with Gasteiger partial charge in [-0.2, -0.15) is 0 Å². The number of fused-ring (bicyclic) bond motifs is 1. The number of carbonyl (C=O) groups excluding carboxylic acids is 1. The molecule has 0 aliphatic heterocycles. The maximum atomic E-state index is 13.6. The Morgan fingerprint density at radius 1 is 1.00 bits per heavy atom. The van der Waals surface area contributed by atoms with Crippen molar-refractivity contribution in [2.45, 2.75) is 26.9 Å². The number of carbonyl (C=O) groups is 1. The van der Waals surface area contributed by atoms with Gasteiger partial charge in [0.25, 0.3) is 5.91 Å². The van der Waals surface area contributed by atoms with Crippen LogP contribution in [0.3, 0.4) is 0 Å². The van der Waals surface area contributed by atoms with E-state index in [1.165, 1.54) is 11.1 Å². The molecule has 0 aliphatic rings. The Kier molecular flexibility index (Phi) is 5.57. The maximum absolute atomic E-state index is 13.6. The molecule has 0 aliphatic carbocycles. The van der Waals surface area contributed by atoms with Gasteiger partial charge in [0.2, 0.25) is 0 Å². The second kappa shape index (κ2) is 8.46. The number of aryl methyl sites for hydroxylation is 2. The van der Waals surface area contributed by atoms with E-state index in [0.717, 1.165) is 22.2 Å². The summed E-state index contributed by atoms with van der Waals surface area (Å²) in [6.07, 6.45) is 3.43. The lowest BCUT2D eigenvalue weighted by Crippen LogP contribution is -2.32. The first-order valence-electron chi connectivity index (χ1n) is 10.1. The molecule has 0 radical (unpaired) electrons. The van der Waals surface area contributed by atoms with Gasteiger partial charge in [0.1, 0.15) is 5.69 Å². The molecule has 0 spiro atoms. The summed E-state index contributed by atoms with van der Waals surface area (Å²) < 4.78 is 7.64. The minimum atomic E-state index is -0.0333. The van der Waals surface area contributed by atoms with E-state index in [1.54, 1.807) is 12.3 Å². The second-order valence-corrected chi connectivity index (χ2v) is 7.73. The fourth-order valence-electron chi connectivity index (χ4n) is 3.65. The van der Waals surface area contributed by atoms with Crippen molar-refractivity contribution in [2.75, 3.05) is 6.54 Å². The highest BCUT2D eigenvalue weighted by molar-refractivity contribution is 5.97. The lowest BCUT2D eigenvalue weighted by atomic mass is 10.1. The lowest BCUT2D eigenvalue weighted by molar-refractivity contribution is 0.0752. The Bertz CT molecular complexity index is 1160. The van der Waals surface area contributed by atoms with Crippen molar-refractivity contribution in [2.24, 2.45) is 0 Å². The van der Waals surface area contributed by atoms with Crippen LogP contribution in [0.4, 0.5) is 0 Å². The number of aromatic nitrogens is 1. The molecule has 30 heavy (non-hydrogen) atoms. The lowest BCUT2D eigenvalue weighted by Gasteiger charge is -2.22. The molecule has 0 atom stereocenters. The average molecular weight is 399 g/mol. The minimum Gasteiger partial charge on any atom is -0.463 e. The minimum absolute atomic E-state index is 0.0333. The maximum Gasteiger partial charge on any atom is 0.271 e. The molecule has 152 valence electrons. The highest BCUT2D eigenvalue weighted by Crippen LogP contribution is 2.24. The van der Waals surface area contributed by atoms with Crippen LogP contribution in [0.15, 0.2) is 84.0 Å². The molecule has 4 nitrogen and oxygen atoms in total. The quantitative estimate of drug-likeness (QED) is 0.373. The van der Waals surface area contributed by atoms with Gasteiger partial charge in [0.15, 0.2) is 5.58 Å². The normalized spacial score (nSPS) is 11.0. The summed E-state index contributed by atoms with van der Waals surface area (Å²) in [6, 6.07) is 20.4. The monoisotopic (exact) mass is 398 g/mol. The Hall–Kier alpha value is -3.53. The zero-order valence-corrected chi connectivity index (χ0v) is 17.5. The molecular formula is C26H26N2O2. The van der Waals surface area contributed by atoms with Crippen LogP contribution >= 0.6 is 0 Å². The van der Waals surface area contributed by atoms with Crippen LogP contribution in [-0.4, -0.2) is 21.9 Å². The standard InChI is InChI=1S/C26H26N2O2/c1-4-14-27(17-21-9-5-19(2)6-10-21)26(29)24-16-25-23(13-15-30-25)28(24)18-22-11-7-20(3)8-12-22/h4-13,15-16H,1,14,17-18H2,2-3H3. The van der Waals surface area contributed by atoms with Gasteiger partial charge in [-0.3, -0.25) is 4.79 Å². The number of benzene rings is 2. The van der Waals surface area contributed by atoms with Crippen LogP contribution in [0.1, 0.15) is 32.7 Å². The zero-order valence-electron chi connectivity index (χ0n) is 17.5. The summed E-state index contributed by atoms with van der Waals surface area (Å²) in [5.41, 5.74) is 6.92. The third kappa shape index (κ3) is 4.08. The van der Waals surface area contributed by atoms with Crippen LogP contribution in [0.2, 0.25) is 0 Å². The van der Waals surface area contributed by atoms with Crippen molar-refractivity contribution in [1.29, 1.82) is 0 Å². The van der Waals surface area contributed by atoms with Gasteiger partial charge >= 0.3 is 0 Å². The molecule has 0 unspecified atom stereocenters. The van der Waals surface area contributed by atoms with Crippen molar-refractivity contribution < 1.29 is 9.21 Å². The van der Waals surface area contributed by atoms with Crippen LogP contribution in [0.5, 0.6) is 0 Å². The first-order valence-corrected chi connectivity index (χ1v) is 10.1. The van der Waals surface area contributed by atoms with Gasteiger partial charge in [-0.25, -0.2) is 0 Å². The fraction of sp³-hybridized carbons (Fsp3) is 0.192. The van der Waals surface area contributed by atoms with Gasteiger partial charge in [-0.15, -0.1) is 6.58 Å². The molecule has 4 rings (SSSR count). The van der Waals surface area contributed by atoms with Gasteiger partial charge < -0.3 is 13.9 Å². The molecule has 2 heterocycles. The Morgan fingerprint density at radius 3 is 2.27 bits per heavy atom. The van der Waals surface area contributed by atoms with E-state index in [0.29, 0.717) is 25.3 Å².